The van der Waals surface area contributed by atoms with Crippen LogP contribution in [-0.2, 0) is 14.8 Å². The minimum atomic E-state index is -3.75. The van der Waals surface area contributed by atoms with Gasteiger partial charge in [0.25, 0.3) is 15.9 Å². The highest BCUT2D eigenvalue weighted by Gasteiger charge is 2.24. The molecule has 34 heavy (non-hydrogen) atoms. The highest BCUT2D eigenvalue weighted by Crippen LogP contribution is 2.19. The monoisotopic (exact) mass is 483 g/mol. The number of aromatic nitrogens is 1. The first-order chi connectivity index (χ1) is 16.3. The first-order valence-electron chi connectivity index (χ1n) is 10.7. The third-order valence-electron chi connectivity index (χ3n) is 5.34. The Bertz CT molecular complexity index is 1270. The van der Waals surface area contributed by atoms with Gasteiger partial charge in [-0.25, -0.2) is 8.42 Å². The van der Waals surface area contributed by atoms with Crippen LogP contribution in [0.1, 0.15) is 16.1 Å². The summed E-state index contributed by atoms with van der Waals surface area (Å²) < 4.78 is 32.6. The topological polar surface area (TPSA) is 125 Å². The zero-order valence-electron chi connectivity index (χ0n) is 18.6. The number of nitrogens with zero attached hydrogens (tertiary/aromatic N) is 3. The van der Waals surface area contributed by atoms with E-state index in [4.69, 9.17) is 4.52 Å². The van der Waals surface area contributed by atoms with Crippen molar-refractivity contribution in [2.24, 2.45) is 0 Å². The lowest BCUT2D eigenvalue weighted by Crippen LogP contribution is -2.50. The number of carbonyl (C=O) groups excluding carboxylic acids is 2. The summed E-state index contributed by atoms with van der Waals surface area (Å²) in [7, 11) is -3.75. The molecule has 0 unspecified atom stereocenters. The number of hydrogen-bond acceptors (Lipinski definition) is 7. The van der Waals surface area contributed by atoms with E-state index in [1.807, 2.05) is 4.90 Å². The molecule has 3 aromatic rings. The van der Waals surface area contributed by atoms with Gasteiger partial charge in [-0.15, -0.1) is 0 Å². The second kappa shape index (κ2) is 10.1. The minimum absolute atomic E-state index is 0.144. The number of hydrogen-bond donors (Lipinski definition) is 2. The first-order valence-corrected chi connectivity index (χ1v) is 12.2. The van der Waals surface area contributed by atoms with E-state index in [0.717, 1.165) is 0 Å². The standard InChI is InChI=1S/C23H25N5O5S/c1-17-14-21(25-33-17)24-22(29)16-27-10-12-28(13-11-27)23(30)18-6-5-7-19(15-18)26-34(31,32)20-8-3-2-4-9-20/h2-9,14-15,26H,10-13,16H2,1H3,(H,24,25,29). The Morgan fingerprint density at radius 3 is 2.41 bits per heavy atom. The van der Waals surface area contributed by atoms with Crippen LogP contribution in [0.3, 0.4) is 0 Å². The number of piperazine rings is 1. The van der Waals surface area contributed by atoms with Crippen LogP contribution in [-0.4, -0.2) is 67.9 Å². The molecule has 2 N–H and O–H groups in total. The Kier molecular flexibility index (Phi) is 6.94. The van der Waals surface area contributed by atoms with Crippen molar-refractivity contribution in [2.75, 3.05) is 42.8 Å². The van der Waals surface area contributed by atoms with Gasteiger partial charge in [0.2, 0.25) is 5.91 Å². The van der Waals surface area contributed by atoms with Crippen LogP contribution in [0.2, 0.25) is 0 Å². The van der Waals surface area contributed by atoms with Crippen molar-refractivity contribution in [3.05, 3.63) is 72.0 Å². The summed E-state index contributed by atoms with van der Waals surface area (Å²) in [6.45, 7) is 3.91. The van der Waals surface area contributed by atoms with Gasteiger partial charge in [-0.05, 0) is 37.3 Å². The highest BCUT2D eigenvalue weighted by molar-refractivity contribution is 7.92. The Morgan fingerprint density at radius 2 is 1.74 bits per heavy atom. The van der Waals surface area contributed by atoms with E-state index in [-0.39, 0.29) is 23.3 Å². The van der Waals surface area contributed by atoms with Gasteiger partial charge in [-0.2, -0.15) is 0 Å². The summed E-state index contributed by atoms with van der Waals surface area (Å²) in [5.41, 5.74) is 0.703. The van der Waals surface area contributed by atoms with E-state index in [2.05, 4.69) is 15.2 Å². The molecule has 1 aromatic heterocycles. The van der Waals surface area contributed by atoms with Crippen LogP contribution in [0.5, 0.6) is 0 Å². The molecule has 2 heterocycles. The zero-order chi connectivity index (χ0) is 24.1. The molecular weight excluding hydrogens is 458 g/mol. The maximum Gasteiger partial charge on any atom is 0.261 e. The van der Waals surface area contributed by atoms with Crippen molar-refractivity contribution in [3.63, 3.8) is 0 Å². The molecule has 1 saturated heterocycles. The van der Waals surface area contributed by atoms with Crippen LogP contribution in [0.25, 0.3) is 0 Å². The van der Waals surface area contributed by atoms with Gasteiger partial charge < -0.3 is 14.7 Å². The van der Waals surface area contributed by atoms with E-state index >= 15 is 0 Å². The SMILES string of the molecule is Cc1cc(NC(=O)CN2CCN(C(=O)c3cccc(NS(=O)(=O)c4ccccc4)c3)CC2)no1. The molecule has 1 aliphatic heterocycles. The van der Waals surface area contributed by atoms with Crippen molar-refractivity contribution >= 4 is 33.3 Å². The Labute approximate surface area is 197 Å². The van der Waals surface area contributed by atoms with Crippen molar-refractivity contribution in [2.45, 2.75) is 11.8 Å². The predicted octanol–water partition coefficient (Wildman–Crippen LogP) is 2.18. The molecule has 0 aliphatic carbocycles. The normalized spacial score (nSPS) is 14.6. The fraction of sp³-hybridized carbons (Fsp3) is 0.261. The van der Waals surface area contributed by atoms with Gasteiger partial charge >= 0.3 is 0 Å². The van der Waals surface area contributed by atoms with E-state index < -0.39 is 10.0 Å². The van der Waals surface area contributed by atoms with Gasteiger partial charge in [-0.1, -0.05) is 29.4 Å². The largest absolute Gasteiger partial charge is 0.360 e. The van der Waals surface area contributed by atoms with Crippen molar-refractivity contribution in [1.82, 2.24) is 15.0 Å². The molecule has 4 rings (SSSR count). The van der Waals surface area contributed by atoms with Gasteiger partial charge in [-0.3, -0.25) is 19.2 Å². The Morgan fingerprint density at radius 1 is 1.00 bits per heavy atom. The number of sulfonamides is 1. The molecular formula is C23H25N5O5S. The van der Waals surface area contributed by atoms with E-state index in [1.54, 1.807) is 54.3 Å². The minimum Gasteiger partial charge on any atom is -0.360 e. The quantitative estimate of drug-likeness (QED) is 0.528. The molecule has 2 amide bonds. The number of carbonyl (C=O) groups is 2. The van der Waals surface area contributed by atoms with Gasteiger partial charge in [0, 0.05) is 43.5 Å². The van der Waals surface area contributed by atoms with Crippen LogP contribution < -0.4 is 10.0 Å². The lowest BCUT2D eigenvalue weighted by Gasteiger charge is -2.34. The van der Waals surface area contributed by atoms with E-state index in [1.165, 1.54) is 18.2 Å². The Balaban J connectivity index is 1.32. The fourth-order valence-corrected chi connectivity index (χ4v) is 4.70. The summed E-state index contributed by atoms with van der Waals surface area (Å²) in [5, 5.41) is 6.43. The Hall–Kier alpha value is -3.70. The molecule has 1 aliphatic rings. The van der Waals surface area contributed by atoms with Crippen molar-refractivity contribution < 1.29 is 22.5 Å². The van der Waals surface area contributed by atoms with Gasteiger partial charge in [0.05, 0.1) is 11.4 Å². The first kappa shape index (κ1) is 23.5. The average molecular weight is 484 g/mol. The molecule has 0 bridgehead atoms. The van der Waals surface area contributed by atoms with Crippen LogP contribution in [0.15, 0.2) is 70.1 Å². The molecule has 0 saturated carbocycles. The lowest BCUT2D eigenvalue weighted by atomic mass is 10.1. The summed E-state index contributed by atoms with van der Waals surface area (Å²) in [6.07, 6.45) is 0. The van der Waals surface area contributed by atoms with Crippen molar-refractivity contribution in [1.29, 1.82) is 0 Å². The maximum absolute atomic E-state index is 13.0. The summed E-state index contributed by atoms with van der Waals surface area (Å²) in [5.74, 6) is 0.591. The number of amides is 2. The number of benzene rings is 2. The third kappa shape index (κ3) is 5.80. The molecule has 0 radical (unpaired) electrons. The predicted molar refractivity (Wildman–Crippen MR) is 126 cm³/mol. The molecule has 0 spiro atoms. The molecule has 0 atom stereocenters. The fourth-order valence-electron chi connectivity index (χ4n) is 3.63. The van der Waals surface area contributed by atoms with Crippen LogP contribution in [0.4, 0.5) is 11.5 Å². The molecule has 2 aromatic carbocycles. The second-order valence-electron chi connectivity index (χ2n) is 7.94. The van der Waals surface area contributed by atoms with Gasteiger partial charge in [0.1, 0.15) is 5.76 Å². The van der Waals surface area contributed by atoms with Gasteiger partial charge in [0.15, 0.2) is 5.82 Å². The second-order valence-corrected chi connectivity index (χ2v) is 9.62. The van der Waals surface area contributed by atoms with E-state index in [0.29, 0.717) is 49.0 Å². The highest BCUT2D eigenvalue weighted by atomic mass is 32.2. The zero-order valence-corrected chi connectivity index (χ0v) is 19.4. The van der Waals surface area contributed by atoms with Crippen LogP contribution >= 0.6 is 0 Å². The summed E-state index contributed by atoms with van der Waals surface area (Å²) in [6, 6.07) is 16.1. The molecule has 11 heteroatoms. The summed E-state index contributed by atoms with van der Waals surface area (Å²) >= 11 is 0. The number of rotatable bonds is 7. The number of aryl methyl sites for hydroxylation is 1. The van der Waals surface area contributed by atoms with E-state index in [9.17, 15) is 18.0 Å². The van der Waals surface area contributed by atoms with Crippen molar-refractivity contribution in [3.8, 4) is 0 Å². The average Bonchev–Trinajstić information content (AvgIpc) is 3.23. The molecule has 10 nitrogen and oxygen atoms in total. The smallest absolute Gasteiger partial charge is 0.261 e. The maximum atomic E-state index is 13.0. The molecule has 1 fully saturated rings. The third-order valence-corrected chi connectivity index (χ3v) is 6.73. The molecule has 178 valence electrons. The summed E-state index contributed by atoms with van der Waals surface area (Å²) in [4.78, 5) is 29.0. The number of nitrogens with one attached hydrogen (secondary N) is 2. The lowest BCUT2D eigenvalue weighted by molar-refractivity contribution is -0.117. The van der Waals surface area contributed by atoms with Crippen LogP contribution in [0, 0.1) is 6.92 Å². The number of anilines is 2.